The van der Waals surface area contributed by atoms with Crippen LogP contribution < -0.4 is 0 Å². The van der Waals surface area contributed by atoms with Crippen molar-refractivity contribution in [2.45, 2.75) is 328 Å². The summed E-state index contributed by atoms with van der Waals surface area (Å²) >= 11 is 0. The number of ether oxygens (including phenoxy) is 14. The average Bonchev–Trinajstić information content (AvgIpc) is 1.57. The van der Waals surface area contributed by atoms with Crippen molar-refractivity contribution in [3.63, 3.8) is 0 Å². The van der Waals surface area contributed by atoms with Crippen molar-refractivity contribution in [2.75, 3.05) is 39.6 Å². The average molecular weight is 1550 g/mol. The van der Waals surface area contributed by atoms with E-state index in [9.17, 15) is 107 Å². The van der Waals surface area contributed by atoms with E-state index in [4.69, 9.17) is 66.3 Å². The van der Waals surface area contributed by atoms with Crippen molar-refractivity contribution in [2.24, 2.45) is 56.7 Å². The summed E-state index contributed by atoms with van der Waals surface area (Å²) in [5.41, 5.74) is -2.45. The molecule has 0 aromatic rings. The van der Waals surface area contributed by atoms with Gasteiger partial charge in [-0.05, 0) is 131 Å². The molecule has 107 heavy (non-hydrogen) atoms. The quantitative estimate of drug-likeness (QED) is 0.0306. The second kappa shape index (κ2) is 32.5. The van der Waals surface area contributed by atoms with Gasteiger partial charge >= 0.3 is 5.97 Å². The Kier molecular flexibility index (Phi) is 25.6. The van der Waals surface area contributed by atoms with Crippen molar-refractivity contribution in [1.29, 1.82) is 0 Å². The number of carbonyl (C=O) groups is 1. The maximum absolute atomic E-state index is 15.4. The summed E-state index contributed by atoms with van der Waals surface area (Å²) in [6, 6.07) is 0. The molecule has 7 saturated heterocycles. The van der Waals surface area contributed by atoms with Crippen molar-refractivity contribution >= 4 is 5.97 Å². The number of carbonyl (C=O) groups excluding carboxylic acids is 1. The van der Waals surface area contributed by atoms with Crippen molar-refractivity contribution in [3.8, 4) is 0 Å². The lowest BCUT2D eigenvalue weighted by atomic mass is 9.32. The summed E-state index contributed by atoms with van der Waals surface area (Å²) in [7, 11) is 0. The highest BCUT2D eigenvalue weighted by Crippen LogP contribution is 2.78. The minimum atomic E-state index is -2.03. The molecule has 0 spiro atoms. The molecule has 0 radical (unpaired) electrons. The zero-order chi connectivity index (χ0) is 78.0. The van der Waals surface area contributed by atoms with Crippen LogP contribution in [0.2, 0.25) is 0 Å². The zero-order valence-electron chi connectivity index (χ0n) is 61.1. The lowest BCUT2D eigenvalue weighted by molar-refractivity contribution is -0.389. The van der Waals surface area contributed by atoms with Crippen molar-refractivity contribution in [1.82, 2.24) is 0 Å². The molecule has 0 unspecified atom stereocenters. The number of aliphatic hydroxyl groups is 21. The zero-order valence-corrected chi connectivity index (χ0v) is 61.1. The Morgan fingerprint density at radius 1 is 0.430 bits per heavy atom. The van der Waals surface area contributed by atoms with Crippen LogP contribution in [0.15, 0.2) is 12.2 Å². The Morgan fingerprint density at radius 3 is 1.48 bits per heavy atom. The van der Waals surface area contributed by atoms with Gasteiger partial charge in [-0.25, -0.2) is 0 Å². The topological polar surface area (TPSA) is 571 Å². The summed E-state index contributed by atoms with van der Waals surface area (Å²) in [6.45, 7) is 14.0. The molecular formula is C71H116O36. The normalized spacial score (nSPS) is 55.9. The van der Waals surface area contributed by atoms with Gasteiger partial charge in [0.05, 0.1) is 63.4 Å². The molecule has 21 N–H and O–H groups in total. The number of aliphatic hydroxyl groups excluding tert-OH is 21. The minimum absolute atomic E-state index is 0.0581. The lowest BCUT2D eigenvalue weighted by Gasteiger charge is -2.73. The first kappa shape index (κ1) is 84.3. The van der Waals surface area contributed by atoms with E-state index >= 15 is 4.79 Å². The molecule has 0 aromatic heterocycles. The smallest absolute Gasteiger partial charge is 0.314 e. The molecular weight excluding hydrogens is 1430 g/mol. The summed E-state index contributed by atoms with van der Waals surface area (Å²) in [5.74, 6) is -1.31. The predicted molar refractivity (Wildman–Crippen MR) is 353 cm³/mol. The Labute approximate surface area is 618 Å². The summed E-state index contributed by atoms with van der Waals surface area (Å²) < 4.78 is 83.7. The van der Waals surface area contributed by atoms with Crippen LogP contribution in [0.4, 0.5) is 0 Å². The first-order valence-electron chi connectivity index (χ1n) is 37.7. The fourth-order valence-electron chi connectivity index (χ4n) is 21.3. The van der Waals surface area contributed by atoms with E-state index in [-0.39, 0.29) is 41.6 Å². The highest BCUT2D eigenvalue weighted by molar-refractivity contribution is 5.78. The van der Waals surface area contributed by atoms with Gasteiger partial charge in [0.15, 0.2) is 37.7 Å². The molecule has 12 fully saturated rings. The van der Waals surface area contributed by atoms with Crippen molar-refractivity contribution in [3.05, 3.63) is 12.2 Å². The third-order valence-corrected chi connectivity index (χ3v) is 27.9. The SMILES string of the molecule is C=C(C)[C@H]1CC[C@]2(C(=O)O[C@H]3O[C@@H](CO[C@H]4O[C@@H](CO)[C@H](O[C@H]5O[C@@H](C)[C@H](O)[C@@H](O)[C@@H]5O)[C@@H](O)[C@@H]4O)[C@H](O)[C@@H](O)[C@@H]3O)CC[C@]3(C)[C@H](CC[C@@H]4[C@]5(C)CC[C@H](O[C@H]6OC[C@H](O[C@H]7O[C@@H](CO)[C@H](O[C@H]8O[C@@H](CO)[C@H](O)[C@@H](O)[C@@H]8O)[C@@H](O)[C@@H]7O)[C@@H](O)[C@@H]6O[C@H]6O[C@@H](C)[C@H](O)[C@@H](O)[C@@H]6O)[C@@](C)(CO)[C@@H]5CC[C@]43C)[C@H]12. The first-order chi connectivity index (χ1) is 50.4. The summed E-state index contributed by atoms with van der Waals surface area (Å²) in [6.07, 6.45) is -53.0. The molecule has 7 heterocycles. The van der Waals surface area contributed by atoms with E-state index in [0.29, 0.717) is 57.8 Å². The standard InChI is InChI=1S/C71H116O36/c1-25(2)28-11-16-71(66(93)107-64-53(90)47(84)42(79)33(101-64)22-94-59-54(91)48(85)56(31(20-73)99-59)104-60-50(87)44(81)39(76)26(3)96-60)18-17-69(7)29(38(28)71)9-10-36-67(5)14-13-37(68(6,24-75)35(67)12-15-70(36,69)8)103-65-58(106-61-51(88)45(82)40(77)27(4)97-61)43(80)34(23-95-65)102-62-55(92)49(86)57(32(21-74)100-62)105-63-52(89)46(83)41(78)30(19-72)98-63/h26-65,72-92H,1,9-24H2,2-8H3/t26-,27-,28+,29+,30-,31-,32-,33-,34-,35+,36+,37-,38-,39-,40-,41-,42-,43+,44+,45+,46+,47+,48-,49-,50-,51-,52-,53-,54-,55-,56-,57-,58-,59-,60+,61+,62+,63+,64+,65+,67+,68-,69+,70+,71-/m0/s1. The van der Waals surface area contributed by atoms with E-state index in [1.807, 2.05) is 13.8 Å². The molecule has 5 aliphatic carbocycles. The first-order valence-corrected chi connectivity index (χ1v) is 37.7. The maximum atomic E-state index is 15.4. The molecule has 0 bridgehead atoms. The van der Waals surface area contributed by atoms with Gasteiger partial charge in [-0.1, -0.05) is 39.8 Å². The van der Waals surface area contributed by atoms with Gasteiger partial charge in [-0.3, -0.25) is 4.79 Å². The summed E-state index contributed by atoms with van der Waals surface area (Å²) in [5, 5.41) is 230. The van der Waals surface area contributed by atoms with Crippen LogP contribution in [0.25, 0.3) is 0 Å². The third kappa shape index (κ3) is 14.6. The number of allylic oxidation sites excluding steroid dienone is 1. The fraction of sp³-hybridized carbons (Fsp3) is 0.958. The van der Waals surface area contributed by atoms with Gasteiger partial charge < -0.3 is 174 Å². The van der Waals surface area contributed by atoms with Crippen LogP contribution >= 0.6 is 0 Å². The summed E-state index contributed by atoms with van der Waals surface area (Å²) in [4.78, 5) is 15.4. The van der Waals surface area contributed by atoms with Crippen molar-refractivity contribution < 1.29 is 178 Å². The van der Waals surface area contributed by atoms with Gasteiger partial charge in [0, 0.05) is 5.41 Å². The maximum Gasteiger partial charge on any atom is 0.314 e. The largest absolute Gasteiger partial charge is 0.432 e. The van der Waals surface area contributed by atoms with Crippen LogP contribution in [0.5, 0.6) is 0 Å². The Morgan fingerprint density at radius 2 is 0.916 bits per heavy atom. The van der Waals surface area contributed by atoms with Crippen LogP contribution in [0, 0.1) is 56.7 Å². The predicted octanol–water partition coefficient (Wildman–Crippen LogP) is -7.04. The molecule has 12 rings (SSSR count). The van der Waals surface area contributed by atoms with E-state index < -0.39 is 276 Å². The molecule has 7 aliphatic heterocycles. The van der Waals surface area contributed by atoms with Gasteiger partial charge in [0.2, 0.25) is 6.29 Å². The van der Waals surface area contributed by atoms with Crippen LogP contribution in [0.3, 0.4) is 0 Å². The van der Waals surface area contributed by atoms with E-state index in [1.54, 1.807) is 0 Å². The molecule has 616 valence electrons. The molecule has 0 amide bonds. The van der Waals surface area contributed by atoms with E-state index in [0.717, 1.165) is 12.0 Å². The van der Waals surface area contributed by atoms with Crippen LogP contribution in [-0.2, 0) is 71.1 Å². The molecule has 36 heteroatoms. The number of fused-ring (bicyclic) bond motifs is 7. The molecule has 12 aliphatic rings. The number of rotatable bonds is 20. The highest BCUT2D eigenvalue weighted by atomic mass is 16.8. The number of hydrogen-bond acceptors (Lipinski definition) is 36. The van der Waals surface area contributed by atoms with Crippen LogP contribution in [0.1, 0.15) is 113 Å². The van der Waals surface area contributed by atoms with E-state index in [1.165, 1.54) is 13.8 Å². The fourth-order valence-corrected chi connectivity index (χ4v) is 21.3. The second-order valence-corrected chi connectivity index (χ2v) is 33.6. The lowest BCUT2D eigenvalue weighted by Crippen LogP contribution is -2.68. The molecule has 36 nitrogen and oxygen atoms in total. The van der Waals surface area contributed by atoms with Crippen LogP contribution in [-0.4, -0.2) is 368 Å². The molecule has 0 aromatic carbocycles. The number of esters is 1. The van der Waals surface area contributed by atoms with Gasteiger partial charge in [-0.2, -0.15) is 0 Å². The van der Waals surface area contributed by atoms with Gasteiger partial charge in [0.25, 0.3) is 0 Å². The molecule has 5 saturated carbocycles. The van der Waals surface area contributed by atoms with Gasteiger partial charge in [0.1, 0.15) is 153 Å². The van der Waals surface area contributed by atoms with E-state index in [2.05, 4.69) is 27.4 Å². The van der Waals surface area contributed by atoms with Gasteiger partial charge in [-0.15, -0.1) is 0 Å². The highest BCUT2D eigenvalue weighted by Gasteiger charge is 2.74. The second-order valence-electron chi connectivity index (χ2n) is 33.6. The Hall–Kier alpha value is -2.15. The number of hydrogen-bond donors (Lipinski definition) is 21. The Balaban J connectivity index is 0.723. The monoisotopic (exact) mass is 1540 g/mol. The molecule has 45 atom stereocenters. The third-order valence-electron chi connectivity index (χ3n) is 27.9. The Bertz CT molecular complexity index is 3000. The minimum Gasteiger partial charge on any atom is -0.432 e.